The Kier molecular flexibility index (Phi) is 7.73. The molecule has 0 radical (unpaired) electrons. The summed E-state index contributed by atoms with van der Waals surface area (Å²) in [5.74, 6) is 0.662. The largest absolute Gasteiger partial charge is 0.357 e. The topological polar surface area (TPSA) is 70.6 Å². The summed E-state index contributed by atoms with van der Waals surface area (Å²) in [4.78, 5) is 4.46. The number of nitrogens with one attached hydrogen (secondary N) is 2. The molecule has 0 fully saturated rings. The lowest BCUT2D eigenvalue weighted by atomic mass is 10.1. The molecule has 0 aliphatic heterocycles. The molecular formula is C18H31N3O2S. The number of rotatable bonds is 8. The molecule has 1 rings (SSSR count). The van der Waals surface area contributed by atoms with Crippen LogP contribution in [0.4, 0.5) is 0 Å². The van der Waals surface area contributed by atoms with E-state index in [1.54, 1.807) is 13.8 Å². The molecule has 0 aromatic heterocycles. The number of hydrogen-bond donors (Lipinski definition) is 2. The van der Waals surface area contributed by atoms with Gasteiger partial charge in [0.05, 0.1) is 11.3 Å². The summed E-state index contributed by atoms with van der Waals surface area (Å²) >= 11 is 0. The smallest absolute Gasteiger partial charge is 0.191 e. The minimum absolute atomic E-state index is 0.229. The molecule has 0 aliphatic rings. The van der Waals surface area contributed by atoms with Gasteiger partial charge >= 0.3 is 0 Å². The Morgan fingerprint density at radius 2 is 1.88 bits per heavy atom. The molecular weight excluding hydrogens is 322 g/mol. The van der Waals surface area contributed by atoms with Crippen LogP contribution in [-0.4, -0.2) is 44.5 Å². The van der Waals surface area contributed by atoms with E-state index in [4.69, 9.17) is 0 Å². The molecule has 1 unspecified atom stereocenters. The van der Waals surface area contributed by atoms with Crippen LogP contribution in [0.2, 0.25) is 0 Å². The van der Waals surface area contributed by atoms with Gasteiger partial charge in [0.2, 0.25) is 0 Å². The molecule has 0 saturated heterocycles. The Bertz CT molecular complexity index is 625. The molecule has 0 amide bonds. The van der Waals surface area contributed by atoms with Gasteiger partial charge in [0.25, 0.3) is 0 Å². The molecule has 0 bridgehead atoms. The van der Waals surface area contributed by atoms with Crippen molar-refractivity contribution in [2.75, 3.05) is 19.3 Å². The summed E-state index contributed by atoms with van der Waals surface area (Å²) in [6.07, 6.45) is 3.22. The number of aliphatic imine (C=N–C) groups is 1. The monoisotopic (exact) mass is 353 g/mol. The van der Waals surface area contributed by atoms with Crippen LogP contribution in [0.25, 0.3) is 0 Å². The third kappa shape index (κ3) is 6.91. The average molecular weight is 354 g/mol. The maximum Gasteiger partial charge on any atom is 0.191 e. The van der Waals surface area contributed by atoms with Crippen LogP contribution >= 0.6 is 0 Å². The first-order chi connectivity index (χ1) is 11.2. The number of benzene rings is 1. The predicted octanol–water partition coefficient (Wildman–Crippen LogP) is 2.39. The van der Waals surface area contributed by atoms with Crippen molar-refractivity contribution in [1.29, 1.82) is 0 Å². The van der Waals surface area contributed by atoms with Crippen molar-refractivity contribution in [2.45, 2.75) is 51.3 Å². The number of aryl methyl sites for hydroxylation is 1. The second kappa shape index (κ2) is 9.06. The zero-order valence-electron chi connectivity index (χ0n) is 15.5. The number of nitrogens with zero attached hydrogens (tertiary/aromatic N) is 1. The van der Waals surface area contributed by atoms with Crippen molar-refractivity contribution in [3.8, 4) is 0 Å². The van der Waals surface area contributed by atoms with Gasteiger partial charge in [0, 0.05) is 18.8 Å². The summed E-state index contributed by atoms with van der Waals surface area (Å²) in [5.41, 5.74) is 1.31. The maximum absolute atomic E-state index is 11.8. The molecule has 6 heteroatoms. The summed E-state index contributed by atoms with van der Waals surface area (Å²) in [5, 5.41) is 6.54. The lowest BCUT2D eigenvalue weighted by molar-refractivity contribution is 0.552. The molecule has 0 spiro atoms. The van der Waals surface area contributed by atoms with Crippen LogP contribution < -0.4 is 10.6 Å². The Hall–Kier alpha value is -1.56. The second-order valence-electron chi connectivity index (χ2n) is 6.80. The van der Waals surface area contributed by atoms with Gasteiger partial charge in [-0.05, 0) is 46.1 Å². The first-order valence-electron chi connectivity index (χ1n) is 8.44. The van der Waals surface area contributed by atoms with Gasteiger partial charge in [-0.15, -0.1) is 0 Å². The van der Waals surface area contributed by atoms with E-state index in [0.717, 1.165) is 19.4 Å². The van der Waals surface area contributed by atoms with Gasteiger partial charge in [-0.3, -0.25) is 4.99 Å². The van der Waals surface area contributed by atoms with Crippen molar-refractivity contribution >= 4 is 15.8 Å². The lowest BCUT2D eigenvalue weighted by Crippen LogP contribution is -2.44. The highest BCUT2D eigenvalue weighted by atomic mass is 32.2. The Balaban J connectivity index is 2.62. The molecule has 0 aliphatic carbocycles. The Labute approximate surface area is 146 Å². The standard InChI is InChI=1S/C18H31N3O2S/c1-6-19-17(20-14-18(3,4)24(5,22)23)21-15(2)12-13-16-10-8-7-9-11-16/h7-11,15H,6,12-14H2,1-5H3,(H2,19,20,21). The summed E-state index contributed by atoms with van der Waals surface area (Å²) in [6, 6.07) is 10.6. The molecule has 2 N–H and O–H groups in total. The van der Waals surface area contributed by atoms with Crippen molar-refractivity contribution in [2.24, 2.45) is 4.99 Å². The fourth-order valence-electron chi connectivity index (χ4n) is 2.04. The lowest BCUT2D eigenvalue weighted by Gasteiger charge is -2.22. The van der Waals surface area contributed by atoms with Crippen molar-refractivity contribution in [3.63, 3.8) is 0 Å². The van der Waals surface area contributed by atoms with Crippen molar-refractivity contribution < 1.29 is 8.42 Å². The predicted molar refractivity (Wildman–Crippen MR) is 102 cm³/mol. The van der Waals surface area contributed by atoms with Gasteiger partial charge in [0.1, 0.15) is 0 Å². The van der Waals surface area contributed by atoms with Crippen LogP contribution in [0.1, 0.15) is 39.7 Å². The van der Waals surface area contributed by atoms with E-state index in [1.807, 2.05) is 25.1 Å². The molecule has 24 heavy (non-hydrogen) atoms. The van der Waals surface area contributed by atoms with E-state index in [1.165, 1.54) is 11.8 Å². The highest BCUT2D eigenvalue weighted by molar-refractivity contribution is 7.92. The number of guanidine groups is 1. The SMILES string of the molecule is CCNC(=NCC(C)(C)S(C)(=O)=O)NC(C)CCc1ccccc1. The summed E-state index contributed by atoms with van der Waals surface area (Å²) < 4.78 is 22.7. The zero-order chi connectivity index (χ0) is 18.2. The zero-order valence-corrected chi connectivity index (χ0v) is 16.3. The minimum Gasteiger partial charge on any atom is -0.357 e. The molecule has 136 valence electrons. The van der Waals surface area contributed by atoms with Gasteiger partial charge in [0.15, 0.2) is 15.8 Å². The third-order valence-electron chi connectivity index (χ3n) is 4.06. The number of hydrogen-bond acceptors (Lipinski definition) is 3. The van der Waals surface area contributed by atoms with Gasteiger partial charge in [-0.25, -0.2) is 8.42 Å². The molecule has 0 heterocycles. The Morgan fingerprint density at radius 1 is 1.25 bits per heavy atom. The average Bonchev–Trinajstić information content (AvgIpc) is 2.51. The van der Waals surface area contributed by atoms with E-state index >= 15 is 0 Å². The maximum atomic E-state index is 11.8. The fourth-order valence-corrected chi connectivity index (χ4v) is 2.34. The van der Waals surface area contributed by atoms with Crippen LogP contribution in [-0.2, 0) is 16.3 Å². The van der Waals surface area contributed by atoms with Crippen LogP contribution in [0.3, 0.4) is 0 Å². The number of sulfone groups is 1. The van der Waals surface area contributed by atoms with Crippen molar-refractivity contribution in [3.05, 3.63) is 35.9 Å². The second-order valence-corrected chi connectivity index (χ2v) is 9.45. The van der Waals surface area contributed by atoms with Crippen molar-refractivity contribution in [1.82, 2.24) is 10.6 Å². The first-order valence-corrected chi connectivity index (χ1v) is 10.3. The van der Waals surface area contributed by atoms with Gasteiger partial charge in [-0.1, -0.05) is 30.3 Å². The quantitative estimate of drug-likeness (QED) is 0.556. The van der Waals surface area contributed by atoms with Gasteiger partial charge < -0.3 is 10.6 Å². The van der Waals surface area contributed by atoms with Crippen LogP contribution in [0.15, 0.2) is 35.3 Å². The van der Waals surface area contributed by atoms with E-state index in [2.05, 4.69) is 34.7 Å². The third-order valence-corrected chi connectivity index (χ3v) is 6.19. The first kappa shape index (κ1) is 20.5. The normalized spacial score (nSPS) is 14.3. The van der Waals surface area contributed by atoms with Crippen LogP contribution in [0, 0.1) is 0 Å². The van der Waals surface area contributed by atoms with Crippen LogP contribution in [0.5, 0.6) is 0 Å². The molecule has 0 saturated carbocycles. The highest BCUT2D eigenvalue weighted by Gasteiger charge is 2.30. The minimum atomic E-state index is -3.15. The Morgan fingerprint density at radius 3 is 2.42 bits per heavy atom. The van der Waals surface area contributed by atoms with E-state index in [9.17, 15) is 8.42 Å². The van der Waals surface area contributed by atoms with Gasteiger partial charge in [-0.2, -0.15) is 0 Å². The molecule has 1 aromatic rings. The fraction of sp³-hybridized carbons (Fsp3) is 0.611. The van der Waals surface area contributed by atoms with E-state index < -0.39 is 14.6 Å². The van der Waals surface area contributed by atoms with E-state index in [0.29, 0.717) is 5.96 Å². The molecule has 1 atom stereocenters. The van der Waals surface area contributed by atoms with E-state index in [-0.39, 0.29) is 12.6 Å². The molecule has 1 aromatic carbocycles. The summed E-state index contributed by atoms with van der Waals surface area (Å²) in [6.45, 7) is 8.47. The molecule has 5 nitrogen and oxygen atoms in total. The summed E-state index contributed by atoms with van der Waals surface area (Å²) in [7, 11) is -3.15. The highest BCUT2D eigenvalue weighted by Crippen LogP contribution is 2.15.